The maximum Gasteiger partial charge on any atom is 0.261 e. The van der Waals surface area contributed by atoms with Gasteiger partial charge in [-0.15, -0.1) is 0 Å². The summed E-state index contributed by atoms with van der Waals surface area (Å²) in [5, 5.41) is 0.206. The lowest BCUT2D eigenvalue weighted by Crippen LogP contribution is -2.28. The van der Waals surface area contributed by atoms with E-state index in [1.165, 1.54) is 30.3 Å². The fraction of sp³-hybridized carbons (Fsp3) is 0.235. The first-order valence-electron chi connectivity index (χ1n) is 7.74. The van der Waals surface area contributed by atoms with Gasteiger partial charge in [0.05, 0.1) is 15.5 Å². The van der Waals surface area contributed by atoms with Crippen LogP contribution in [-0.4, -0.2) is 32.3 Å². The van der Waals surface area contributed by atoms with Crippen LogP contribution in [0.5, 0.6) is 0 Å². The van der Waals surface area contributed by atoms with Gasteiger partial charge in [-0.05, 0) is 55.3 Å². The molecule has 0 saturated carbocycles. The van der Waals surface area contributed by atoms with E-state index in [9.17, 15) is 17.6 Å². The van der Waals surface area contributed by atoms with Gasteiger partial charge in [-0.3, -0.25) is 9.52 Å². The Kier molecular flexibility index (Phi) is 4.96. The third kappa shape index (κ3) is 3.93. The van der Waals surface area contributed by atoms with Gasteiger partial charge in [-0.2, -0.15) is 0 Å². The minimum absolute atomic E-state index is 0.0798. The van der Waals surface area contributed by atoms with E-state index < -0.39 is 15.8 Å². The summed E-state index contributed by atoms with van der Waals surface area (Å²) in [5.41, 5.74) is 0.384. The molecule has 1 saturated heterocycles. The molecule has 8 heteroatoms. The molecule has 0 unspecified atom stereocenters. The van der Waals surface area contributed by atoms with Crippen molar-refractivity contribution in [3.8, 4) is 0 Å². The van der Waals surface area contributed by atoms with Crippen molar-refractivity contribution in [2.24, 2.45) is 0 Å². The van der Waals surface area contributed by atoms with Crippen molar-refractivity contribution < 1.29 is 17.6 Å². The molecule has 0 radical (unpaired) electrons. The first kappa shape index (κ1) is 17.7. The summed E-state index contributed by atoms with van der Waals surface area (Å²) >= 11 is 6.09. The van der Waals surface area contributed by atoms with Gasteiger partial charge in [0.2, 0.25) is 0 Å². The van der Waals surface area contributed by atoms with Crippen LogP contribution in [0, 0.1) is 5.82 Å². The smallest absolute Gasteiger partial charge is 0.261 e. The largest absolute Gasteiger partial charge is 0.339 e. The van der Waals surface area contributed by atoms with Gasteiger partial charge in [0.25, 0.3) is 15.9 Å². The van der Waals surface area contributed by atoms with E-state index in [-0.39, 0.29) is 27.1 Å². The molecule has 1 amide bonds. The van der Waals surface area contributed by atoms with Crippen LogP contribution in [0.2, 0.25) is 5.02 Å². The third-order valence-electron chi connectivity index (χ3n) is 3.97. The second kappa shape index (κ2) is 7.01. The Morgan fingerprint density at radius 1 is 1.08 bits per heavy atom. The molecule has 1 heterocycles. The number of rotatable bonds is 4. The van der Waals surface area contributed by atoms with E-state index in [0.29, 0.717) is 13.1 Å². The molecule has 0 atom stereocenters. The number of sulfonamides is 1. The lowest BCUT2D eigenvalue weighted by molar-refractivity contribution is 0.0792. The molecule has 0 aliphatic carbocycles. The summed E-state index contributed by atoms with van der Waals surface area (Å²) in [7, 11) is -3.92. The summed E-state index contributed by atoms with van der Waals surface area (Å²) in [6, 6.07) is 8.94. The molecule has 1 fully saturated rings. The molecule has 1 aliphatic rings. The number of hydrogen-bond donors (Lipinski definition) is 1. The van der Waals surface area contributed by atoms with E-state index in [1.54, 1.807) is 4.90 Å². The zero-order valence-electron chi connectivity index (χ0n) is 13.2. The zero-order valence-corrected chi connectivity index (χ0v) is 14.8. The zero-order chi connectivity index (χ0) is 18.0. The maximum atomic E-state index is 12.9. The van der Waals surface area contributed by atoms with Crippen molar-refractivity contribution in [1.82, 2.24) is 4.90 Å². The average Bonchev–Trinajstić information content (AvgIpc) is 3.11. The van der Waals surface area contributed by atoms with Crippen LogP contribution in [0.3, 0.4) is 0 Å². The molecular formula is C17H16ClFN2O3S. The number of nitrogens with zero attached hydrogens (tertiary/aromatic N) is 1. The minimum Gasteiger partial charge on any atom is -0.339 e. The highest BCUT2D eigenvalue weighted by molar-refractivity contribution is 7.92. The normalized spacial score (nSPS) is 14.6. The summed E-state index contributed by atoms with van der Waals surface area (Å²) in [6.07, 6.45) is 1.85. The first-order valence-corrected chi connectivity index (χ1v) is 9.60. The Balaban J connectivity index is 1.89. The van der Waals surface area contributed by atoms with Crippen molar-refractivity contribution in [2.75, 3.05) is 17.8 Å². The van der Waals surface area contributed by atoms with Gasteiger partial charge in [0.15, 0.2) is 0 Å². The van der Waals surface area contributed by atoms with Gasteiger partial charge in [-0.1, -0.05) is 11.6 Å². The number of benzene rings is 2. The predicted octanol–water partition coefficient (Wildman–Crippen LogP) is 3.52. The summed E-state index contributed by atoms with van der Waals surface area (Å²) in [4.78, 5) is 14.1. The van der Waals surface area contributed by atoms with Crippen molar-refractivity contribution in [1.29, 1.82) is 0 Å². The summed E-state index contributed by atoms with van der Waals surface area (Å²) in [6.45, 7) is 1.28. The van der Waals surface area contributed by atoms with Crippen molar-refractivity contribution >= 4 is 33.2 Å². The fourth-order valence-electron chi connectivity index (χ4n) is 2.66. The fourth-order valence-corrected chi connectivity index (χ4v) is 3.94. The Hall–Kier alpha value is -2.12. The molecule has 1 N–H and O–H groups in total. The van der Waals surface area contributed by atoms with Crippen LogP contribution in [0.1, 0.15) is 23.2 Å². The predicted molar refractivity (Wildman–Crippen MR) is 93.8 cm³/mol. The van der Waals surface area contributed by atoms with Crippen LogP contribution < -0.4 is 4.72 Å². The molecule has 2 aromatic carbocycles. The second-order valence-corrected chi connectivity index (χ2v) is 7.84. The van der Waals surface area contributed by atoms with E-state index in [2.05, 4.69) is 4.72 Å². The highest BCUT2D eigenvalue weighted by Crippen LogP contribution is 2.25. The Bertz CT molecular complexity index is 895. The average molecular weight is 383 g/mol. The number of likely N-dealkylation sites (tertiary alicyclic amines) is 1. The summed E-state index contributed by atoms with van der Waals surface area (Å²) in [5.74, 6) is -0.741. The molecule has 3 rings (SSSR count). The molecule has 1 aliphatic heterocycles. The first-order chi connectivity index (χ1) is 11.9. The topological polar surface area (TPSA) is 66.5 Å². The molecule has 0 aromatic heterocycles. The lowest BCUT2D eigenvalue weighted by Gasteiger charge is -2.17. The molecule has 25 heavy (non-hydrogen) atoms. The Morgan fingerprint density at radius 2 is 1.72 bits per heavy atom. The molecule has 5 nitrogen and oxygen atoms in total. The Morgan fingerprint density at radius 3 is 2.36 bits per heavy atom. The monoisotopic (exact) mass is 382 g/mol. The number of carbonyl (C=O) groups excluding carboxylic acids is 1. The number of carbonyl (C=O) groups is 1. The summed E-state index contributed by atoms with van der Waals surface area (Å²) < 4.78 is 40.3. The highest BCUT2D eigenvalue weighted by atomic mass is 35.5. The van der Waals surface area contributed by atoms with Gasteiger partial charge >= 0.3 is 0 Å². The van der Waals surface area contributed by atoms with Gasteiger partial charge in [0, 0.05) is 18.8 Å². The number of amides is 1. The van der Waals surface area contributed by atoms with Gasteiger partial charge < -0.3 is 4.90 Å². The van der Waals surface area contributed by atoms with Crippen molar-refractivity contribution in [2.45, 2.75) is 17.7 Å². The molecular weight excluding hydrogens is 367 g/mol. The van der Waals surface area contributed by atoms with Crippen LogP contribution in [0.4, 0.5) is 10.1 Å². The number of nitrogens with one attached hydrogen (secondary N) is 1. The quantitative estimate of drug-likeness (QED) is 0.879. The standard InChI is InChI=1S/C17H16ClFN2O3S/c18-16-8-7-14(11-15(16)17(22)21-9-1-2-10-21)25(23,24)20-13-5-3-12(19)4-6-13/h3-8,11,20H,1-2,9-10H2. The number of anilines is 1. The van der Waals surface area contributed by atoms with Crippen LogP contribution >= 0.6 is 11.6 Å². The van der Waals surface area contributed by atoms with E-state index in [1.807, 2.05) is 0 Å². The molecule has 0 spiro atoms. The third-order valence-corrected chi connectivity index (χ3v) is 5.68. The van der Waals surface area contributed by atoms with Crippen molar-refractivity contribution in [3.63, 3.8) is 0 Å². The second-order valence-electron chi connectivity index (χ2n) is 5.75. The molecule has 0 bridgehead atoms. The molecule has 132 valence electrons. The van der Waals surface area contributed by atoms with Crippen molar-refractivity contribution in [3.05, 3.63) is 58.9 Å². The van der Waals surface area contributed by atoms with Crippen LogP contribution in [-0.2, 0) is 10.0 Å². The van der Waals surface area contributed by atoms with Crippen LogP contribution in [0.25, 0.3) is 0 Å². The minimum atomic E-state index is -3.92. The van der Waals surface area contributed by atoms with E-state index >= 15 is 0 Å². The SMILES string of the molecule is O=C(c1cc(S(=O)(=O)Nc2ccc(F)cc2)ccc1Cl)N1CCCC1. The van der Waals surface area contributed by atoms with Gasteiger partial charge in [-0.25, -0.2) is 12.8 Å². The Labute approximate surface area is 150 Å². The highest BCUT2D eigenvalue weighted by Gasteiger charge is 2.24. The lowest BCUT2D eigenvalue weighted by atomic mass is 10.2. The maximum absolute atomic E-state index is 12.9. The van der Waals surface area contributed by atoms with Crippen LogP contribution in [0.15, 0.2) is 47.4 Å². The van der Waals surface area contributed by atoms with Gasteiger partial charge in [0.1, 0.15) is 5.82 Å². The van der Waals surface area contributed by atoms with E-state index in [0.717, 1.165) is 25.0 Å². The molecule has 2 aromatic rings. The number of halogens is 2. The van der Waals surface area contributed by atoms with E-state index in [4.69, 9.17) is 11.6 Å². The number of hydrogen-bond acceptors (Lipinski definition) is 3.